The molecule has 0 bridgehead atoms. The van der Waals surface area contributed by atoms with E-state index in [4.69, 9.17) is 0 Å². The van der Waals surface area contributed by atoms with Crippen LogP contribution in [0.2, 0.25) is 0 Å². The number of aliphatic hydroxyl groups excluding tert-OH is 1. The molecule has 0 radical (unpaired) electrons. The number of hydrogen-bond donors (Lipinski definition) is 2. The van der Waals surface area contributed by atoms with Crippen LogP contribution in [0.4, 0.5) is 0 Å². The van der Waals surface area contributed by atoms with E-state index >= 15 is 0 Å². The molecule has 3 heteroatoms. The van der Waals surface area contributed by atoms with Crippen molar-refractivity contribution in [1.82, 2.24) is 5.32 Å². The minimum absolute atomic E-state index is 0.240. The number of aliphatic hydroxyl groups is 1. The molecule has 0 aromatic heterocycles. The van der Waals surface area contributed by atoms with Crippen molar-refractivity contribution in [3.63, 3.8) is 0 Å². The Labute approximate surface area is 105 Å². The Balaban J connectivity index is 2.46. The molecule has 1 aromatic rings. The lowest BCUT2D eigenvalue weighted by atomic mass is 10.1. The van der Waals surface area contributed by atoms with Gasteiger partial charge in [-0.2, -0.15) is 0 Å². The van der Waals surface area contributed by atoms with Crippen molar-refractivity contribution in [3.05, 3.63) is 33.4 Å². The molecular formula is C12H18INO. The van der Waals surface area contributed by atoms with Crippen LogP contribution in [0.5, 0.6) is 0 Å². The second-order valence-corrected chi connectivity index (χ2v) is 4.99. The van der Waals surface area contributed by atoms with Crippen LogP contribution in [0.15, 0.2) is 24.3 Å². The van der Waals surface area contributed by atoms with Crippen molar-refractivity contribution < 1.29 is 5.11 Å². The SMILES string of the molecule is CCC(O)CNC(C)c1ccc(I)cc1. The second-order valence-electron chi connectivity index (χ2n) is 3.74. The van der Waals surface area contributed by atoms with Gasteiger partial charge in [-0.1, -0.05) is 19.1 Å². The fourth-order valence-electron chi connectivity index (χ4n) is 1.33. The van der Waals surface area contributed by atoms with E-state index in [0.29, 0.717) is 12.6 Å². The number of halogens is 1. The smallest absolute Gasteiger partial charge is 0.0662 e. The molecule has 0 heterocycles. The lowest BCUT2D eigenvalue weighted by molar-refractivity contribution is 0.164. The average molecular weight is 319 g/mol. The normalized spacial score (nSPS) is 14.9. The maximum absolute atomic E-state index is 9.43. The number of hydrogen-bond acceptors (Lipinski definition) is 2. The standard InChI is InChI=1S/C12H18INO/c1-3-12(15)8-14-9(2)10-4-6-11(13)7-5-10/h4-7,9,12,14-15H,3,8H2,1-2H3. The zero-order valence-electron chi connectivity index (χ0n) is 9.20. The van der Waals surface area contributed by atoms with Crippen LogP contribution in [-0.2, 0) is 0 Å². The summed E-state index contributed by atoms with van der Waals surface area (Å²) in [6.07, 6.45) is 0.558. The molecule has 15 heavy (non-hydrogen) atoms. The van der Waals surface area contributed by atoms with Gasteiger partial charge < -0.3 is 10.4 Å². The largest absolute Gasteiger partial charge is 0.392 e. The highest BCUT2D eigenvalue weighted by Crippen LogP contribution is 2.14. The summed E-state index contributed by atoms with van der Waals surface area (Å²) in [4.78, 5) is 0. The van der Waals surface area contributed by atoms with E-state index in [9.17, 15) is 5.11 Å². The van der Waals surface area contributed by atoms with E-state index in [0.717, 1.165) is 6.42 Å². The third kappa shape index (κ3) is 4.49. The first kappa shape index (κ1) is 12.9. The Hall–Kier alpha value is -0.130. The maximum atomic E-state index is 9.43. The molecule has 2 unspecified atom stereocenters. The lowest BCUT2D eigenvalue weighted by Crippen LogP contribution is -2.28. The number of rotatable bonds is 5. The highest BCUT2D eigenvalue weighted by atomic mass is 127. The summed E-state index contributed by atoms with van der Waals surface area (Å²) < 4.78 is 1.25. The van der Waals surface area contributed by atoms with Crippen molar-refractivity contribution in [2.24, 2.45) is 0 Å². The van der Waals surface area contributed by atoms with Crippen LogP contribution in [-0.4, -0.2) is 17.8 Å². The van der Waals surface area contributed by atoms with E-state index in [1.165, 1.54) is 9.13 Å². The molecular weight excluding hydrogens is 301 g/mol. The summed E-state index contributed by atoms with van der Waals surface area (Å²) >= 11 is 2.30. The van der Waals surface area contributed by atoms with Crippen LogP contribution in [0.3, 0.4) is 0 Å². The molecule has 0 amide bonds. The van der Waals surface area contributed by atoms with Crippen molar-refractivity contribution in [1.29, 1.82) is 0 Å². The van der Waals surface area contributed by atoms with Crippen LogP contribution >= 0.6 is 22.6 Å². The zero-order valence-corrected chi connectivity index (χ0v) is 11.4. The second kappa shape index (κ2) is 6.45. The van der Waals surface area contributed by atoms with Gasteiger partial charge in [0.25, 0.3) is 0 Å². The summed E-state index contributed by atoms with van der Waals surface area (Å²) in [6.45, 7) is 4.76. The summed E-state index contributed by atoms with van der Waals surface area (Å²) in [5.41, 5.74) is 1.26. The molecule has 0 saturated heterocycles. The lowest BCUT2D eigenvalue weighted by Gasteiger charge is -2.16. The Morgan fingerprint density at radius 2 is 1.93 bits per heavy atom. The zero-order chi connectivity index (χ0) is 11.3. The van der Waals surface area contributed by atoms with E-state index in [1.54, 1.807) is 0 Å². The molecule has 0 fully saturated rings. The van der Waals surface area contributed by atoms with E-state index in [-0.39, 0.29) is 6.10 Å². The Morgan fingerprint density at radius 1 is 1.33 bits per heavy atom. The van der Waals surface area contributed by atoms with Crippen molar-refractivity contribution in [2.45, 2.75) is 32.4 Å². The van der Waals surface area contributed by atoms with Gasteiger partial charge in [0.15, 0.2) is 0 Å². The molecule has 0 spiro atoms. The Morgan fingerprint density at radius 3 is 2.47 bits per heavy atom. The molecule has 0 aliphatic rings. The van der Waals surface area contributed by atoms with Crippen LogP contribution in [0.25, 0.3) is 0 Å². The van der Waals surface area contributed by atoms with Gasteiger partial charge in [0.1, 0.15) is 0 Å². The molecule has 1 rings (SSSR count). The maximum Gasteiger partial charge on any atom is 0.0662 e. The average Bonchev–Trinajstić information content (AvgIpc) is 2.26. The van der Waals surface area contributed by atoms with E-state index < -0.39 is 0 Å². The fraction of sp³-hybridized carbons (Fsp3) is 0.500. The third-order valence-electron chi connectivity index (χ3n) is 2.50. The summed E-state index contributed by atoms with van der Waals surface area (Å²) in [7, 11) is 0. The van der Waals surface area contributed by atoms with E-state index in [1.807, 2.05) is 6.92 Å². The van der Waals surface area contributed by atoms with Gasteiger partial charge >= 0.3 is 0 Å². The van der Waals surface area contributed by atoms with Gasteiger partial charge in [0.2, 0.25) is 0 Å². The van der Waals surface area contributed by atoms with Gasteiger partial charge in [-0.05, 0) is 53.6 Å². The third-order valence-corrected chi connectivity index (χ3v) is 3.22. The first-order valence-corrected chi connectivity index (χ1v) is 6.38. The van der Waals surface area contributed by atoms with Crippen molar-refractivity contribution in [3.8, 4) is 0 Å². The van der Waals surface area contributed by atoms with Gasteiger partial charge in [-0.3, -0.25) is 0 Å². The molecule has 84 valence electrons. The van der Waals surface area contributed by atoms with Gasteiger partial charge in [0, 0.05) is 16.2 Å². The fourth-order valence-corrected chi connectivity index (χ4v) is 1.69. The van der Waals surface area contributed by atoms with Gasteiger partial charge in [-0.15, -0.1) is 0 Å². The molecule has 1 aromatic carbocycles. The molecule has 2 nitrogen and oxygen atoms in total. The topological polar surface area (TPSA) is 32.3 Å². The Bertz CT molecular complexity index is 286. The quantitative estimate of drug-likeness (QED) is 0.818. The summed E-state index contributed by atoms with van der Waals surface area (Å²) in [5.74, 6) is 0. The van der Waals surface area contributed by atoms with Crippen LogP contribution in [0.1, 0.15) is 31.9 Å². The predicted molar refractivity (Wildman–Crippen MR) is 71.9 cm³/mol. The van der Waals surface area contributed by atoms with Crippen LogP contribution < -0.4 is 5.32 Å². The molecule has 2 N–H and O–H groups in total. The highest BCUT2D eigenvalue weighted by Gasteiger charge is 2.06. The minimum atomic E-state index is -0.240. The van der Waals surface area contributed by atoms with Crippen molar-refractivity contribution in [2.75, 3.05) is 6.54 Å². The molecule has 2 atom stereocenters. The van der Waals surface area contributed by atoms with Crippen LogP contribution in [0, 0.1) is 3.57 Å². The predicted octanol–water partition coefficient (Wildman–Crippen LogP) is 2.71. The van der Waals surface area contributed by atoms with Gasteiger partial charge in [-0.25, -0.2) is 0 Å². The summed E-state index contributed by atoms with van der Waals surface area (Å²) in [6, 6.07) is 8.74. The minimum Gasteiger partial charge on any atom is -0.392 e. The molecule has 0 aliphatic carbocycles. The Kier molecular flexibility index (Phi) is 5.56. The first-order valence-electron chi connectivity index (χ1n) is 5.30. The van der Waals surface area contributed by atoms with Gasteiger partial charge in [0.05, 0.1) is 6.10 Å². The number of benzene rings is 1. The highest BCUT2D eigenvalue weighted by molar-refractivity contribution is 14.1. The first-order chi connectivity index (χ1) is 7.13. The molecule has 0 aliphatic heterocycles. The van der Waals surface area contributed by atoms with Crippen molar-refractivity contribution >= 4 is 22.6 Å². The molecule has 0 saturated carbocycles. The number of nitrogens with one attached hydrogen (secondary N) is 1. The summed E-state index contributed by atoms with van der Waals surface area (Å²) in [5, 5.41) is 12.8. The monoisotopic (exact) mass is 319 g/mol. The van der Waals surface area contributed by atoms with E-state index in [2.05, 4.69) is 59.1 Å².